The molecule has 0 saturated carbocycles. The highest BCUT2D eigenvalue weighted by Crippen LogP contribution is 2.21. The summed E-state index contributed by atoms with van der Waals surface area (Å²) in [7, 11) is 0. The molecule has 2 rings (SSSR count). The molecular formula is C11H18N2O. The van der Waals surface area contributed by atoms with Crippen molar-refractivity contribution in [3.8, 4) is 0 Å². The van der Waals surface area contributed by atoms with E-state index in [0.717, 1.165) is 45.4 Å². The highest BCUT2D eigenvalue weighted by atomic mass is 16.2. The van der Waals surface area contributed by atoms with Crippen LogP contribution in [0.15, 0.2) is 12.2 Å². The highest BCUT2D eigenvalue weighted by Gasteiger charge is 2.20. The molecule has 78 valence electrons. The number of allylic oxidation sites excluding steroid dienone is 2. The van der Waals surface area contributed by atoms with E-state index in [2.05, 4.69) is 17.5 Å². The minimum Gasteiger partial charge on any atom is -0.340 e. The first-order valence-electron chi connectivity index (χ1n) is 5.51. The summed E-state index contributed by atoms with van der Waals surface area (Å²) >= 11 is 0. The van der Waals surface area contributed by atoms with Crippen molar-refractivity contribution in [2.75, 3.05) is 26.2 Å². The summed E-state index contributed by atoms with van der Waals surface area (Å²) in [6.07, 6.45) is 7.42. The van der Waals surface area contributed by atoms with Crippen LogP contribution in [0, 0.1) is 5.92 Å². The van der Waals surface area contributed by atoms with E-state index < -0.39 is 0 Å². The zero-order chi connectivity index (χ0) is 9.80. The molecule has 1 unspecified atom stereocenters. The van der Waals surface area contributed by atoms with Crippen LogP contribution in [-0.4, -0.2) is 37.0 Å². The van der Waals surface area contributed by atoms with Gasteiger partial charge in [0.05, 0.1) is 0 Å². The fourth-order valence-corrected chi connectivity index (χ4v) is 2.13. The van der Waals surface area contributed by atoms with E-state index in [4.69, 9.17) is 0 Å². The molecule has 1 heterocycles. The molecule has 1 aliphatic carbocycles. The molecule has 1 N–H and O–H groups in total. The van der Waals surface area contributed by atoms with Crippen LogP contribution < -0.4 is 5.32 Å². The fraction of sp³-hybridized carbons (Fsp3) is 0.727. The van der Waals surface area contributed by atoms with Gasteiger partial charge in [-0.1, -0.05) is 12.2 Å². The summed E-state index contributed by atoms with van der Waals surface area (Å²) in [5, 5.41) is 3.26. The lowest BCUT2D eigenvalue weighted by atomic mass is 10.0. The number of piperazine rings is 1. The van der Waals surface area contributed by atoms with Gasteiger partial charge < -0.3 is 10.2 Å². The van der Waals surface area contributed by atoms with Crippen molar-refractivity contribution in [1.82, 2.24) is 10.2 Å². The first kappa shape index (κ1) is 9.71. The number of hydrogen-bond donors (Lipinski definition) is 1. The van der Waals surface area contributed by atoms with Crippen molar-refractivity contribution >= 4 is 5.91 Å². The summed E-state index contributed by atoms with van der Waals surface area (Å²) in [6, 6.07) is 0. The molecule has 0 spiro atoms. The molecule has 3 heteroatoms. The van der Waals surface area contributed by atoms with Crippen molar-refractivity contribution in [2.45, 2.75) is 19.3 Å². The van der Waals surface area contributed by atoms with E-state index >= 15 is 0 Å². The predicted octanol–water partition coefficient (Wildman–Crippen LogP) is 0.774. The first-order chi connectivity index (χ1) is 6.86. The van der Waals surface area contributed by atoms with Crippen LogP contribution in [0.1, 0.15) is 19.3 Å². The molecule has 1 amide bonds. The Morgan fingerprint density at radius 3 is 2.86 bits per heavy atom. The van der Waals surface area contributed by atoms with Crippen LogP contribution in [0.4, 0.5) is 0 Å². The molecule has 0 aromatic rings. The molecule has 14 heavy (non-hydrogen) atoms. The first-order valence-corrected chi connectivity index (χ1v) is 5.51. The smallest absolute Gasteiger partial charge is 0.223 e. The lowest BCUT2D eigenvalue weighted by molar-refractivity contribution is -0.132. The monoisotopic (exact) mass is 194 g/mol. The lowest BCUT2D eigenvalue weighted by Crippen LogP contribution is -2.46. The SMILES string of the molecule is O=C(CC1C=CCC1)N1CCNCC1. The number of rotatable bonds is 2. The third kappa shape index (κ3) is 2.35. The van der Waals surface area contributed by atoms with Crippen LogP contribution in [-0.2, 0) is 4.79 Å². The van der Waals surface area contributed by atoms with Gasteiger partial charge in [0.1, 0.15) is 0 Å². The Labute approximate surface area is 85.2 Å². The maximum atomic E-state index is 11.8. The topological polar surface area (TPSA) is 32.3 Å². The van der Waals surface area contributed by atoms with Gasteiger partial charge in [-0.05, 0) is 18.8 Å². The van der Waals surface area contributed by atoms with E-state index in [1.807, 2.05) is 4.90 Å². The maximum absolute atomic E-state index is 11.8. The number of hydrogen-bond acceptors (Lipinski definition) is 2. The van der Waals surface area contributed by atoms with Gasteiger partial charge in [-0.25, -0.2) is 0 Å². The number of nitrogens with zero attached hydrogens (tertiary/aromatic N) is 1. The molecular weight excluding hydrogens is 176 g/mol. The van der Waals surface area contributed by atoms with Gasteiger partial charge in [0.2, 0.25) is 5.91 Å². The maximum Gasteiger partial charge on any atom is 0.223 e. The zero-order valence-electron chi connectivity index (χ0n) is 8.54. The van der Waals surface area contributed by atoms with Crippen LogP contribution in [0.3, 0.4) is 0 Å². The molecule has 1 fully saturated rings. The van der Waals surface area contributed by atoms with E-state index in [1.165, 1.54) is 0 Å². The van der Waals surface area contributed by atoms with Gasteiger partial charge in [0, 0.05) is 32.6 Å². The second-order valence-electron chi connectivity index (χ2n) is 4.10. The largest absolute Gasteiger partial charge is 0.340 e. The number of amides is 1. The fourth-order valence-electron chi connectivity index (χ4n) is 2.13. The molecule has 0 bridgehead atoms. The quantitative estimate of drug-likeness (QED) is 0.659. The normalized spacial score (nSPS) is 26.9. The average Bonchev–Trinajstić information content (AvgIpc) is 2.72. The van der Waals surface area contributed by atoms with Gasteiger partial charge >= 0.3 is 0 Å². The molecule has 1 atom stereocenters. The van der Waals surface area contributed by atoms with Crippen LogP contribution >= 0.6 is 0 Å². The van der Waals surface area contributed by atoms with Crippen LogP contribution in [0.5, 0.6) is 0 Å². The Morgan fingerprint density at radius 1 is 1.43 bits per heavy atom. The zero-order valence-corrected chi connectivity index (χ0v) is 8.54. The number of carbonyl (C=O) groups excluding carboxylic acids is 1. The van der Waals surface area contributed by atoms with Gasteiger partial charge in [-0.3, -0.25) is 4.79 Å². The molecule has 1 saturated heterocycles. The minimum atomic E-state index is 0.336. The second kappa shape index (κ2) is 4.60. The van der Waals surface area contributed by atoms with E-state index in [0.29, 0.717) is 11.8 Å². The summed E-state index contributed by atoms with van der Waals surface area (Å²) in [5.41, 5.74) is 0. The van der Waals surface area contributed by atoms with E-state index in [-0.39, 0.29) is 0 Å². The predicted molar refractivity (Wildman–Crippen MR) is 55.9 cm³/mol. The molecule has 2 aliphatic rings. The molecule has 0 aromatic carbocycles. The van der Waals surface area contributed by atoms with Gasteiger partial charge in [-0.2, -0.15) is 0 Å². The second-order valence-corrected chi connectivity index (χ2v) is 4.10. The third-order valence-electron chi connectivity index (χ3n) is 3.02. The molecule has 0 aromatic heterocycles. The van der Waals surface area contributed by atoms with Crippen molar-refractivity contribution in [1.29, 1.82) is 0 Å². The summed E-state index contributed by atoms with van der Waals surface area (Å²) in [6.45, 7) is 3.67. The highest BCUT2D eigenvalue weighted by molar-refractivity contribution is 5.76. The summed E-state index contributed by atoms with van der Waals surface area (Å²) in [4.78, 5) is 13.8. The van der Waals surface area contributed by atoms with Crippen LogP contribution in [0.2, 0.25) is 0 Å². The van der Waals surface area contributed by atoms with E-state index in [1.54, 1.807) is 0 Å². The number of nitrogens with one attached hydrogen (secondary N) is 1. The third-order valence-corrected chi connectivity index (χ3v) is 3.02. The Kier molecular flexibility index (Phi) is 3.19. The van der Waals surface area contributed by atoms with Gasteiger partial charge in [0.25, 0.3) is 0 Å². The minimum absolute atomic E-state index is 0.336. The lowest BCUT2D eigenvalue weighted by Gasteiger charge is -2.28. The van der Waals surface area contributed by atoms with Crippen molar-refractivity contribution in [3.05, 3.63) is 12.2 Å². The molecule has 3 nitrogen and oxygen atoms in total. The molecule has 1 aliphatic heterocycles. The van der Waals surface area contributed by atoms with Crippen LogP contribution in [0.25, 0.3) is 0 Å². The van der Waals surface area contributed by atoms with Crippen molar-refractivity contribution in [2.24, 2.45) is 5.92 Å². The Balaban J connectivity index is 1.78. The Morgan fingerprint density at radius 2 is 2.21 bits per heavy atom. The standard InChI is InChI=1S/C11H18N2O/c14-11(9-10-3-1-2-4-10)13-7-5-12-6-8-13/h1,3,10,12H,2,4-9H2. The molecule has 0 radical (unpaired) electrons. The number of carbonyl (C=O) groups is 1. The van der Waals surface area contributed by atoms with Gasteiger partial charge in [-0.15, -0.1) is 0 Å². The van der Waals surface area contributed by atoms with Crippen molar-refractivity contribution in [3.63, 3.8) is 0 Å². The summed E-state index contributed by atoms with van der Waals surface area (Å²) < 4.78 is 0. The van der Waals surface area contributed by atoms with Crippen molar-refractivity contribution < 1.29 is 4.79 Å². The van der Waals surface area contributed by atoms with Gasteiger partial charge in [0.15, 0.2) is 0 Å². The summed E-state index contributed by atoms with van der Waals surface area (Å²) in [5.74, 6) is 0.848. The average molecular weight is 194 g/mol. The Hall–Kier alpha value is -0.830. The Bertz CT molecular complexity index is 231. The van der Waals surface area contributed by atoms with E-state index in [9.17, 15) is 4.79 Å².